The highest BCUT2D eigenvalue weighted by atomic mass is 79.9. The van der Waals surface area contributed by atoms with Crippen LogP contribution >= 0.6 is 27.7 Å². The molecule has 0 bridgehead atoms. The average Bonchev–Trinajstić information content (AvgIpc) is 2.82. The molecule has 0 saturated carbocycles. The second kappa shape index (κ2) is 5.88. The summed E-state index contributed by atoms with van der Waals surface area (Å²) >= 11 is 5.19. The molecule has 1 fully saturated rings. The van der Waals surface area contributed by atoms with Gasteiger partial charge >= 0.3 is 0 Å². The number of halogens is 1. The van der Waals surface area contributed by atoms with Gasteiger partial charge in [0.25, 0.3) is 5.56 Å². The summed E-state index contributed by atoms with van der Waals surface area (Å²) in [7, 11) is 0. The van der Waals surface area contributed by atoms with E-state index >= 15 is 0 Å². The van der Waals surface area contributed by atoms with Crippen LogP contribution in [0.25, 0.3) is 0 Å². The fourth-order valence-corrected chi connectivity index (χ4v) is 3.26. The molecule has 0 aromatic carbocycles. The van der Waals surface area contributed by atoms with E-state index in [1.54, 1.807) is 6.20 Å². The Kier molecular flexibility index (Phi) is 4.47. The molecule has 2 N–H and O–H groups in total. The lowest BCUT2D eigenvalue weighted by molar-refractivity contribution is 0.266. The minimum absolute atomic E-state index is 0.0919. The number of thioether (sulfide) groups is 1. The molecule has 0 aliphatic carbocycles. The second-order valence-electron chi connectivity index (χ2n) is 3.83. The lowest BCUT2D eigenvalue weighted by Crippen LogP contribution is -2.27. The van der Waals surface area contributed by atoms with Crippen molar-refractivity contribution in [3.05, 3.63) is 21.0 Å². The number of aliphatic hydroxyl groups is 1. The number of anilines is 1. The zero-order valence-electron chi connectivity index (χ0n) is 9.23. The van der Waals surface area contributed by atoms with Gasteiger partial charge in [0.1, 0.15) is 4.47 Å². The molecule has 1 aliphatic heterocycles. The lowest BCUT2D eigenvalue weighted by Gasteiger charge is -2.14. The Morgan fingerprint density at radius 2 is 2.53 bits per heavy atom. The fraction of sp³-hybridized carbons (Fsp3) is 0.600. The molecule has 94 valence electrons. The predicted molar refractivity (Wildman–Crippen MR) is 72.6 cm³/mol. The van der Waals surface area contributed by atoms with E-state index in [4.69, 9.17) is 5.11 Å². The molecule has 1 saturated heterocycles. The van der Waals surface area contributed by atoms with Crippen molar-refractivity contribution in [2.75, 3.05) is 23.4 Å². The summed E-state index contributed by atoms with van der Waals surface area (Å²) in [5.74, 6) is 2.22. The summed E-state index contributed by atoms with van der Waals surface area (Å²) in [5, 5.41) is 16.1. The predicted octanol–water partition coefficient (Wildman–Crippen LogP) is 0.915. The van der Waals surface area contributed by atoms with Crippen LogP contribution in [0.4, 0.5) is 5.69 Å². The summed E-state index contributed by atoms with van der Waals surface area (Å²) in [4.78, 5) is 11.9. The van der Waals surface area contributed by atoms with E-state index < -0.39 is 0 Å². The number of nitrogens with one attached hydrogen (secondary N) is 1. The lowest BCUT2D eigenvalue weighted by atomic mass is 10.2. The molecular weight excluding hydrogens is 306 g/mol. The van der Waals surface area contributed by atoms with Crippen LogP contribution in [0.2, 0.25) is 0 Å². The van der Waals surface area contributed by atoms with Gasteiger partial charge in [-0.1, -0.05) is 0 Å². The third kappa shape index (κ3) is 3.02. The zero-order valence-corrected chi connectivity index (χ0v) is 11.6. The maximum atomic E-state index is 11.9. The number of hydrogen-bond acceptors (Lipinski definition) is 5. The first-order valence-corrected chi connectivity index (χ1v) is 7.38. The third-order valence-corrected chi connectivity index (χ3v) is 4.51. The SMILES string of the molecule is O=c1c(Br)c(NC2CCSC2)cnn1CCO. The molecule has 1 aromatic rings. The van der Waals surface area contributed by atoms with Crippen LogP contribution in [-0.2, 0) is 6.54 Å². The zero-order chi connectivity index (χ0) is 12.3. The topological polar surface area (TPSA) is 67.2 Å². The molecule has 2 heterocycles. The minimum atomic E-state index is -0.213. The van der Waals surface area contributed by atoms with Gasteiger partial charge in [-0.15, -0.1) is 0 Å². The maximum absolute atomic E-state index is 11.9. The summed E-state index contributed by atoms with van der Waals surface area (Å²) in [5.41, 5.74) is 0.520. The molecule has 0 radical (unpaired) electrons. The molecule has 0 spiro atoms. The van der Waals surface area contributed by atoms with E-state index in [9.17, 15) is 4.79 Å². The second-order valence-corrected chi connectivity index (χ2v) is 5.77. The third-order valence-electron chi connectivity index (χ3n) is 2.59. The Morgan fingerprint density at radius 3 is 3.18 bits per heavy atom. The first kappa shape index (κ1) is 12.9. The van der Waals surface area contributed by atoms with Crippen molar-refractivity contribution in [2.45, 2.75) is 19.0 Å². The van der Waals surface area contributed by atoms with Crippen LogP contribution in [-0.4, -0.2) is 39.0 Å². The van der Waals surface area contributed by atoms with Crippen molar-refractivity contribution in [3.63, 3.8) is 0 Å². The molecule has 1 aliphatic rings. The van der Waals surface area contributed by atoms with Crippen molar-refractivity contribution in [3.8, 4) is 0 Å². The van der Waals surface area contributed by atoms with Crippen molar-refractivity contribution in [1.82, 2.24) is 9.78 Å². The summed E-state index contributed by atoms with van der Waals surface area (Å²) < 4.78 is 1.73. The molecule has 1 aromatic heterocycles. The Bertz CT molecular complexity index is 446. The Labute approximate surface area is 112 Å². The monoisotopic (exact) mass is 319 g/mol. The highest BCUT2D eigenvalue weighted by Crippen LogP contribution is 2.23. The summed E-state index contributed by atoms with van der Waals surface area (Å²) in [6, 6.07) is 0.409. The van der Waals surface area contributed by atoms with Gasteiger partial charge in [0.2, 0.25) is 0 Å². The van der Waals surface area contributed by atoms with Gasteiger partial charge < -0.3 is 10.4 Å². The Hall–Kier alpha value is -0.530. The average molecular weight is 320 g/mol. The summed E-state index contributed by atoms with van der Waals surface area (Å²) in [6.07, 6.45) is 2.74. The minimum Gasteiger partial charge on any atom is -0.394 e. The summed E-state index contributed by atoms with van der Waals surface area (Å²) in [6.45, 7) is 0.127. The van der Waals surface area contributed by atoms with Crippen molar-refractivity contribution < 1.29 is 5.11 Å². The van der Waals surface area contributed by atoms with Crippen LogP contribution in [0.3, 0.4) is 0 Å². The van der Waals surface area contributed by atoms with Gasteiger partial charge in [-0.3, -0.25) is 4.79 Å². The van der Waals surface area contributed by atoms with Crippen LogP contribution in [0.5, 0.6) is 0 Å². The highest BCUT2D eigenvalue weighted by molar-refractivity contribution is 9.10. The normalized spacial score (nSPS) is 19.5. The largest absolute Gasteiger partial charge is 0.394 e. The van der Waals surface area contributed by atoms with Gasteiger partial charge in [0, 0.05) is 11.8 Å². The van der Waals surface area contributed by atoms with Crippen LogP contribution < -0.4 is 10.9 Å². The molecule has 0 amide bonds. The van der Waals surface area contributed by atoms with E-state index in [0.29, 0.717) is 10.5 Å². The fourth-order valence-electron chi connectivity index (χ4n) is 1.69. The van der Waals surface area contributed by atoms with E-state index in [1.807, 2.05) is 11.8 Å². The van der Waals surface area contributed by atoms with Gasteiger partial charge in [-0.2, -0.15) is 16.9 Å². The first-order valence-electron chi connectivity index (χ1n) is 5.43. The molecular formula is C10H14BrN3O2S. The van der Waals surface area contributed by atoms with E-state index in [1.165, 1.54) is 4.68 Å². The van der Waals surface area contributed by atoms with Gasteiger partial charge in [-0.05, 0) is 28.1 Å². The quantitative estimate of drug-likeness (QED) is 0.863. The maximum Gasteiger partial charge on any atom is 0.283 e. The first-order chi connectivity index (χ1) is 8.22. The molecule has 1 unspecified atom stereocenters. The van der Waals surface area contributed by atoms with E-state index in [2.05, 4.69) is 26.3 Å². The number of hydrogen-bond donors (Lipinski definition) is 2. The van der Waals surface area contributed by atoms with Crippen LogP contribution in [0.1, 0.15) is 6.42 Å². The van der Waals surface area contributed by atoms with Gasteiger partial charge in [-0.25, -0.2) is 4.68 Å². The van der Waals surface area contributed by atoms with Crippen LogP contribution in [0, 0.1) is 0 Å². The van der Waals surface area contributed by atoms with Crippen molar-refractivity contribution >= 4 is 33.4 Å². The van der Waals surface area contributed by atoms with Gasteiger partial charge in [0.05, 0.1) is 25.0 Å². The number of rotatable bonds is 4. The smallest absolute Gasteiger partial charge is 0.283 e. The Balaban J connectivity index is 2.18. The van der Waals surface area contributed by atoms with E-state index in [-0.39, 0.29) is 18.7 Å². The molecule has 1 atom stereocenters. The number of nitrogens with zero attached hydrogens (tertiary/aromatic N) is 2. The molecule has 17 heavy (non-hydrogen) atoms. The standard InChI is InChI=1S/C10H14BrN3O2S/c11-9-8(13-7-1-4-17-6-7)5-12-14(2-3-15)10(9)16/h5,7,13,15H,1-4,6H2. The van der Waals surface area contributed by atoms with Crippen molar-refractivity contribution in [1.29, 1.82) is 0 Å². The van der Waals surface area contributed by atoms with E-state index in [0.717, 1.165) is 23.6 Å². The van der Waals surface area contributed by atoms with Gasteiger partial charge in [0.15, 0.2) is 0 Å². The molecule has 2 rings (SSSR count). The molecule has 7 heteroatoms. The molecule has 5 nitrogen and oxygen atoms in total. The van der Waals surface area contributed by atoms with Crippen LogP contribution in [0.15, 0.2) is 15.5 Å². The number of aliphatic hydroxyl groups excluding tert-OH is 1. The highest BCUT2D eigenvalue weighted by Gasteiger charge is 2.17. The Morgan fingerprint density at radius 1 is 1.71 bits per heavy atom. The van der Waals surface area contributed by atoms with Crippen molar-refractivity contribution in [2.24, 2.45) is 0 Å². The number of aromatic nitrogens is 2.